The Bertz CT molecular complexity index is 878. The molecule has 24 heavy (non-hydrogen) atoms. The van der Waals surface area contributed by atoms with Gasteiger partial charge in [0.25, 0.3) is 5.91 Å². The number of benzene rings is 2. The van der Waals surface area contributed by atoms with E-state index >= 15 is 0 Å². The number of rotatable bonds is 4. The number of anilines is 3. The van der Waals surface area contributed by atoms with Crippen LogP contribution in [0.2, 0.25) is 15.1 Å². The molecule has 0 fully saturated rings. The van der Waals surface area contributed by atoms with E-state index in [9.17, 15) is 4.79 Å². The second-order valence-electron chi connectivity index (χ2n) is 4.72. The highest BCUT2D eigenvalue weighted by atomic mass is 35.5. The summed E-state index contributed by atoms with van der Waals surface area (Å²) < 4.78 is 0. The van der Waals surface area contributed by atoms with Gasteiger partial charge in [-0.15, -0.1) is 11.3 Å². The number of hydrogen-bond acceptors (Lipinski definition) is 4. The van der Waals surface area contributed by atoms with Crippen molar-refractivity contribution in [2.24, 2.45) is 0 Å². The number of thiazole rings is 1. The summed E-state index contributed by atoms with van der Waals surface area (Å²) in [6.07, 6.45) is 0. The molecule has 1 amide bonds. The van der Waals surface area contributed by atoms with Crippen LogP contribution in [-0.4, -0.2) is 10.9 Å². The first kappa shape index (κ1) is 17.0. The third-order valence-corrected chi connectivity index (χ3v) is 4.67. The van der Waals surface area contributed by atoms with Gasteiger partial charge in [0.2, 0.25) is 0 Å². The molecule has 1 aromatic heterocycles. The minimum absolute atomic E-state index is 0.246. The van der Waals surface area contributed by atoms with E-state index in [-0.39, 0.29) is 11.6 Å². The summed E-state index contributed by atoms with van der Waals surface area (Å²) in [5.74, 6) is -0.357. The van der Waals surface area contributed by atoms with Crippen molar-refractivity contribution in [2.45, 2.75) is 0 Å². The van der Waals surface area contributed by atoms with Gasteiger partial charge in [-0.1, -0.05) is 46.9 Å². The fourth-order valence-corrected chi connectivity index (χ4v) is 3.35. The quantitative estimate of drug-likeness (QED) is 0.558. The number of hydrogen-bond donors (Lipinski definition) is 2. The first-order chi connectivity index (χ1) is 11.5. The maximum atomic E-state index is 12.5. The smallest absolute Gasteiger partial charge is 0.277 e. The average Bonchev–Trinajstić information content (AvgIpc) is 2.99. The van der Waals surface area contributed by atoms with E-state index in [0.29, 0.717) is 31.4 Å². The van der Waals surface area contributed by atoms with Gasteiger partial charge in [0.05, 0.1) is 21.2 Å². The van der Waals surface area contributed by atoms with E-state index in [4.69, 9.17) is 34.8 Å². The third-order valence-electron chi connectivity index (χ3n) is 3.07. The highest BCUT2D eigenvalue weighted by molar-refractivity contribution is 7.14. The van der Waals surface area contributed by atoms with Crippen molar-refractivity contribution in [3.8, 4) is 0 Å². The van der Waals surface area contributed by atoms with Gasteiger partial charge >= 0.3 is 0 Å². The largest absolute Gasteiger partial charge is 0.343 e. The molecular weight excluding hydrogens is 389 g/mol. The Labute approximate surface area is 157 Å². The molecule has 2 aromatic carbocycles. The number of nitrogens with one attached hydrogen (secondary N) is 2. The molecule has 0 spiro atoms. The van der Waals surface area contributed by atoms with Crippen LogP contribution in [0.4, 0.5) is 16.4 Å². The maximum Gasteiger partial charge on any atom is 0.277 e. The predicted molar refractivity (Wildman–Crippen MR) is 101 cm³/mol. The molecule has 3 rings (SSSR count). The molecular formula is C16H10Cl3N3OS. The summed E-state index contributed by atoms with van der Waals surface area (Å²) in [4.78, 5) is 16.6. The zero-order valence-electron chi connectivity index (χ0n) is 12.0. The number of para-hydroxylation sites is 1. The summed E-state index contributed by atoms with van der Waals surface area (Å²) in [5.41, 5.74) is 2.93. The van der Waals surface area contributed by atoms with Crippen molar-refractivity contribution < 1.29 is 4.79 Å². The molecule has 0 bridgehead atoms. The summed E-state index contributed by atoms with van der Waals surface area (Å²) in [5, 5.41) is 7.82. The first-order valence-corrected chi connectivity index (χ1v) is 8.77. The van der Waals surface area contributed by atoms with Crippen molar-refractivity contribution in [2.75, 3.05) is 10.6 Å². The molecule has 0 saturated carbocycles. The van der Waals surface area contributed by atoms with Gasteiger partial charge < -0.3 is 10.6 Å². The summed E-state index contributed by atoms with van der Waals surface area (Å²) in [6, 6.07) is 12.0. The van der Waals surface area contributed by atoms with Gasteiger partial charge in [0.1, 0.15) is 5.00 Å². The highest BCUT2D eigenvalue weighted by Gasteiger charge is 2.17. The van der Waals surface area contributed by atoms with E-state index in [0.717, 1.165) is 0 Å². The number of carbonyl (C=O) groups excluding carboxylic acids is 1. The fraction of sp³-hybridized carbons (Fsp3) is 0. The van der Waals surface area contributed by atoms with Crippen molar-refractivity contribution in [1.82, 2.24) is 4.98 Å². The van der Waals surface area contributed by atoms with E-state index in [2.05, 4.69) is 15.6 Å². The lowest BCUT2D eigenvalue weighted by Crippen LogP contribution is -2.13. The molecule has 0 atom stereocenters. The third kappa shape index (κ3) is 3.82. The lowest BCUT2D eigenvalue weighted by Gasteiger charge is -2.10. The Kier molecular flexibility index (Phi) is 5.26. The van der Waals surface area contributed by atoms with E-state index < -0.39 is 0 Å². The van der Waals surface area contributed by atoms with Crippen LogP contribution in [0.5, 0.6) is 0 Å². The second kappa shape index (κ2) is 7.40. The summed E-state index contributed by atoms with van der Waals surface area (Å²) in [6.45, 7) is 0. The van der Waals surface area contributed by atoms with Crippen LogP contribution < -0.4 is 10.6 Å². The van der Waals surface area contributed by atoms with E-state index in [1.165, 1.54) is 11.3 Å². The van der Waals surface area contributed by atoms with Gasteiger partial charge in [-0.05, 0) is 30.3 Å². The maximum absolute atomic E-state index is 12.5. The van der Waals surface area contributed by atoms with E-state index in [1.807, 2.05) is 0 Å². The SMILES string of the molecule is O=C(Nc1cccc(Cl)c1)c1ncsc1Nc1c(Cl)cccc1Cl. The lowest BCUT2D eigenvalue weighted by molar-refractivity contribution is 0.102. The second-order valence-corrected chi connectivity index (χ2v) is 6.82. The van der Waals surface area contributed by atoms with Gasteiger partial charge in [-0.25, -0.2) is 4.98 Å². The lowest BCUT2D eigenvalue weighted by atomic mass is 10.3. The van der Waals surface area contributed by atoms with Crippen LogP contribution in [0.1, 0.15) is 10.5 Å². The Morgan fingerprint density at radius 3 is 2.46 bits per heavy atom. The average molecular weight is 399 g/mol. The van der Waals surface area contributed by atoms with Gasteiger partial charge in [-0.3, -0.25) is 4.79 Å². The molecule has 3 aromatic rings. The summed E-state index contributed by atoms with van der Waals surface area (Å²) in [7, 11) is 0. The molecule has 0 unspecified atom stereocenters. The van der Waals surface area contributed by atoms with Gasteiger partial charge in [0.15, 0.2) is 5.69 Å². The molecule has 122 valence electrons. The van der Waals surface area contributed by atoms with Crippen LogP contribution in [0.15, 0.2) is 48.0 Å². The van der Waals surface area contributed by atoms with Crippen molar-refractivity contribution in [3.63, 3.8) is 0 Å². The predicted octanol–water partition coefficient (Wildman–Crippen LogP) is 6.10. The van der Waals surface area contributed by atoms with Crippen molar-refractivity contribution in [1.29, 1.82) is 0 Å². The fourth-order valence-electron chi connectivity index (χ4n) is 1.98. The van der Waals surface area contributed by atoms with Crippen LogP contribution in [0.25, 0.3) is 0 Å². The van der Waals surface area contributed by atoms with Crippen molar-refractivity contribution in [3.05, 3.63) is 68.7 Å². The van der Waals surface area contributed by atoms with Crippen LogP contribution >= 0.6 is 46.1 Å². The number of amides is 1. The zero-order valence-corrected chi connectivity index (χ0v) is 15.1. The van der Waals surface area contributed by atoms with Crippen LogP contribution in [-0.2, 0) is 0 Å². The van der Waals surface area contributed by atoms with E-state index in [1.54, 1.807) is 48.0 Å². The Morgan fingerprint density at radius 1 is 1.04 bits per heavy atom. The molecule has 0 aliphatic carbocycles. The number of aromatic nitrogens is 1. The zero-order chi connectivity index (χ0) is 17.1. The van der Waals surface area contributed by atoms with Crippen LogP contribution in [0.3, 0.4) is 0 Å². The summed E-state index contributed by atoms with van der Waals surface area (Å²) >= 11 is 19.5. The van der Waals surface area contributed by atoms with Crippen molar-refractivity contribution >= 4 is 68.4 Å². The Morgan fingerprint density at radius 2 is 1.75 bits per heavy atom. The minimum Gasteiger partial charge on any atom is -0.343 e. The van der Waals surface area contributed by atoms with Gasteiger partial charge in [0, 0.05) is 10.7 Å². The number of carbonyl (C=O) groups is 1. The molecule has 0 saturated heterocycles. The molecule has 0 radical (unpaired) electrons. The number of nitrogens with zero attached hydrogens (tertiary/aromatic N) is 1. The normalized spacial score (nSPS) is 10.5. The molecule has 0 aliphatic rings. The Hall–Kier alpha value is -1.79. The topological polar surface area (TPSA) is 54.0 Å². The molecule has 8 heteroatoms. The molecule has 1 heterocycles. The minimum atomic E-state index is -0.357. The Balaban J connectivity index is 1.84. The van der Waals surface area contributed by atoms with Gasteiger partial charge in [-0.2, -0.15) is 0 Å². The monoisotopic (exact) mass is 397 g/mol. The first-order valence-electron chi connectivity index (χ1n) is 6.76. The molecule has 2 N–H and O–H groups in total. The van der Waals surface area contributed by atoms with Crippen LogP contribution in [0, 0.1) is 0 Å². The number of halogens is 3. The highest BCUT2D eigenvalue weighted by Crippen LogP contribution is 2.35. The molecule has 4 nitrogen and oxygen atoms in total. The standard InChI is InChI=1S/C16H10Cl3N3OS/c17-9-3-1-4-10(7-9)21-15(23)14-16(24-8-20-14)22-13-11(18)5-2-6-12(13)19/h1-8,22H,(H,21,23). The molecule has 0 aliphatic heterocycles.